The minimum atomic E-state index is -0.299. The van der Waals surface area contributed by atoms with Crippen molar-refractivity contribution in [3.8, 4) is 0 Å². The van der Waals surface area contributed by atoms with E-state index in [2.05, 4.69) is 21.2 Å². The second kappa shape index (κ2) is 4.63. The third-order valence-corrected chi connectivity index (χ3v) is 2.90. The molecule has 0 heterocycles. The molecule has 5 N–H and O–H groups in total. The Morgan fingerprint density at radius 3 is 2.24 bits per heavy atom. The van der Waals surface area contributed by atoms with Crippen molar-refractivity contribution in [2.75, 3.05) is 16.8 Å². The summed E-state index contributed by atoms with van der Waals surface area (Å²) in [6.07, 6.45) is 0. The molecule has 5 heteroatoms. The summed E-state index contributed by atoms with van der Waals surface area (Å²) < 4.78 is 13.5. The minimum Gasteiger partial charge on any atom is -0.397 e. The van der Waals surface area contributed by atoms with Crippen LogP contribution in [-0.2, 0) is 0 Å². The predicted octanol–water partition coefficient (Wildman–Crippen LogP) is 3.50. The lowest BCUT2D eigenvalue weighted by Gasteiger charge is -2.09. The maximum atomic E-state index is 13.0. The van der Waals surface area contributed by atoms with E-state index in [1.54, 1.807) is 24.3 Å². The highest BCUT2D eigenvalue weighted by Crippen LogP contribution is 2.25. The molecule has 88 valence electrons. The van der Waals surface area contributed by atoms with E-state index in [-0.39, 0.29) is 5.82 Å². The van der Waals surface area contributed by atoms with Crippen LogP contribution in [0.5, 0.6) is 0 Å². The zero-order valence-electron chi connectivity index (χ0n) is 8.87. The van der Waals surface area contributed by atoms with Crippen molar-refractivity contribution >= 4 is 38.7 Å². The van der Waals surface area contributed by atoms with E-state index in [4.69, 9.17) is 11.5 Å². The summed E-state index contributed by atoms with van der Waals surface area (Å²) in [4.78, 5) is 0. The lowest BCUT2D eigenvalue weighted by atomic mass is 10.2. The van der Waals surface area contributed by atoms with Crippen molar-refractivity contribution in [3.05, 3.63) is 46.7 Å². The third-order valence-electron chi connectivity index (χ3n) is 2.30. The molecule has 0 bridgehead atoms. The summed E-state index contributed by atoms with van der Waals surface area (Å²) in [5.41, 5.74) is 13.9. The summed E-state index contributed by atoms with van der Waals surface area (Å²) in [6, 6.07) is 9.94. The van der Waals surface area contributed by atoms with Crippen molar-refractivity contribution < 1.29 is 4.39 Å². The molecule has 0 saturated carbocycles. The quantitative estimate of drug-likeness (QED) is 0.743. The van der Waals surface area contributed by atoms with E-state index in [0.29, 0.717) is 15.8 Å². The molecule has 2 aromatic rings. The second-order valence-corrected chi connectivity index (χ2v) is 4.45. The van der Waals surface area contributed by atoms with Crippen molar-refractivity contribution in [2.45, 2.75) is 0 Å². The molecule has 2 aromatic carbocycles. The van der Waals surface area contributed by atoms with Gasteiger partial charge in [-0.05, 0) is 52.3 Å². The van der Waals surface area contributed by atoms with E-state index in [9.17, 15) is 4.39 Å². The number of anilines is 4. The summed E-state index contributed by atoms with van der Waals surface area (Å²) >= 11 is 3.13. The molecule has 0 aromatic heterocycles. The Labute approximate surface area is 107 Å². The Hall–Kier alpha value is -1.75. The molecule has 0 amide bonds. The van der Waals surface area contributed by atoms with Gasteiger partial charge in [0.15, 0.2) is 0 Å². The lowest BCUT2D eigenvalue weighted by molar-refractivity contribution is 0.621. The van der Waals surface area contributed by atoms with Gasteiger partial charge in [0.25, 0.3) is 0 Å². The van der Waals surface area contributed by atoms with Crippen molar-refractivity contribution in [3.63, 3.8) is 0 Å². The SMILES string of the molecule is Nc1ccc(Nc2ccc(F)c(Br)c2)cc1N. The molecule has 0 fully saturated rings. The zero-order chi connectivity index (χ0) is 12.4. The van der Waals surface area contributed by atoms with Gasteiger partial charge in [-0.1, -0.05) is 0 Å². The zero-order valence-corrected chi connectivity index (χ0v) is 10.5. The first-order chi connectivity index (χ1) is 8.06. The molecule has 0 aliphatic heterocycles. The van der Waals surface area contributed by atoms with Crippen molar-refractivity contribution in [1.82, 2.24) is 0 Å². The van der Waals surface area contributed by atoms with Crippen molar-refractivity contribution in [1.29, 1.82) is 0 Å². The Morgan fingerprint density at radius 1 is 0.941 bits per heavy atom. The van der Waals surface area contributed by atoms with Gasteiger partial charge in [-0.3, -0.25) is 0 Å². The molecule has 2 rings (SSSR count). The minimum absolute atomic E-state index is 0.299. The van der Waals surface area contributed by atoms with E-state index in [1.165, 1.54) is 6.07 Å². The molecular formula is C12H11BrFN3. The molecule has 0 atom stereocenters. The van der Waals surface area contributed by atoms with Gasteiger partial charge in [0, 0.05) is 11.4 Å². The number of benzene rings is 2. The summed E-state index contributed by atoms with van der Waals surface area (Å²) in [5.74, 6) is -0.299. The summed E-state index contributed by atoms with van der Waals surface area (Å²) in [7, 11) is 0. The number of nitrogen functional groups attached to an aromatic ring is 2. The van der Waals surface area contributed by atoms with Gasteiger partial charge < -0.3 is 16.8 Å². The van der Waals surface area contributed by atoms with E-state index in [1.807, 2.05) is 6.07 Å². The molecule has 0 radical (unpaired) electrons. The fraction of sp³-hybridized carbons (Fsp3) is 0. The van der Waals surface area contributed by atoms with Crippen LogP contribution in [-0.4, -0.2) is 0 Å². The van der Waals surface area contributed by atoms with Gasteiger partial charge in [0.05, 0.1) is 15.8 Å². The first kappa shape index (κ1) is 11.7. The van der Waals surface area contributed by atoms with Crippen LogP contribution in [0, 0.1) is 5.82 Å². The van der Waals surface area contributed by atoms with Crippen molar-refractivity contribution in [2.24, 2.45) is 0 Å². The van der Waals surface area contributed by atoms with Gasteiger partial charge in [0.2, 0.25) is 0 Å². The average molecular weight is 296 g/mol. The van der Waals surface area contributed by atoms with Gasteiger partial charge in [0.1, 0.15) is 5.82 Å². The highest BCUT2D eigenvalue weighted by molar-refractivity contribution is 9.10. The average Bonchev–Trinajstić information content (AvgIpc) is 2.29. The Kier molecular flexibility index (Phi) is 3.19. The van der Waals surface area contributed by atoms with E-state index < -0.39 is 0 Å². The molecular weight excluding hydrogens is 285 g/mol. The smallest absolute Gasteiger partial charge is 0.137 e. The van der Waals surface area contributed by atoms with Gasteiger partial charge in [-0.15, -0.1) is 0 Å². The van der Waals surface area contributed by atoms with Crippen LogP contribution in [0.15, 0.2) is 40.9 Å². The maximum absolute atomic E-state index is 13.0. The largest absolute Gasteiger partial charge is 0.397 e. The van der Waals surface area contributed by atoms with Crippen LogP contribution >= 0.6 is 15.9 Å². The predicted molar refractivity (Wildman–Crippen MR) is 72.6 cm³/mol. The van der Waals surface area contributed by atoms with Gasteiger partial charge in [-0.2, -0.15) is 0 Å². The van der Waals surface area contributed by atoms with Crippen LogP contribution in [0.2, 0.25) is 0 Å². The lowest BCUT2D eigenvalue weighted by Crippen LogP contribution is -1.97. The normalized spacial score (nSPS) is 10.2. The molecule has 17 heavy (non-hydrogen) atoms. The summed E-state index contributed by atoms with van der Waals surface area (Å²) in [5, 5.41) is 3.11. The first-order valence-corrected chi connectivity index (χ1v) is 5.72. The Balaban J connectivity index is 2.25. The number of halogens is 2. The Bertz CT molecular complexity index is 508. The fourth-order valence-electron chi connectivity index (χ4n) is 1.39. The molecule has 0 spiro atoms. The topological polar surface area (TPSA) is 64.1 Å². The third kappa shape index (κ3) is 2.68. The van der Waals surface area contributed by atoms with Crippen LogP contribution < -0.4 is 16.8 Å². The maximum Gasteiger partial charge on any atom is 0.137 e. The first-order valence-electron chi connectivity index (χ1n) is 4.93. The molecule has 0 aliphatic carbocycles. The number of hydrogen-bond acceptors (Lipinski definition) is 3. The van der Waals surface area contributed by atoms with Gasteiger partial charge >= 0.3 is 0 Å². The number of rotatable bonds is 2. The van der Waals surface area contributed by atoms with Crippen LogP contribution in [0.4, 0.5) is 27.1 Å². The van der Waals surface area contributed by atoms with Crippen LogP contribution in [0.3, 0.4) is 0 Å². The monoisotopic (exact) mass is 295 g/mol. The molecule has 3 nitrogen and oxygen atoms in total. The molecule has 0 aliphatic rings. The van der Waals surface area contributed by atoms with Crippen LogP contribution in [0.25, 0.3) is 0 Å². The highest BCUT2D eigenvalue weighted by atomic mass is 79.9. The summed E-state index contributed by atoms with van der Waals surface area (Å²) in [6.45, 7) is 0. The van der Waals surface area contributed by atoms with Crippen LogP contribution in [0.1, 0.15) is 0 Å². The highest BCUT2D eigenvalue weighted by Gasteiger charge is 2.02. The standard InChI is InChI=1S/C12H11BrFN3/c13-9-5-7(1-3-10(9)14)17-8-2-4-11(15)12(16)6-8/h1-6,17H,15-16H2. The van der Waals surface area contributed by atoms with E-state index >= 15 is 0 Å². The van der Waals surface area contributed by atoms with E-state index in [0.717, 1.165) is 11.4 Å². The fourth-order valence-corrected chi connectivity index (χ4v) is 1.77. The molecule has 0 saturated heterocycles. The number of hydrogen-bond donors (Lipinski definition) is 3. The molecule has 0 unspecified atom stereocenters. The second-order valence-electron chi connectivity index (χ2n) is 3.60. The van der Waals surface area contributed by atoms with Gasteiger partial charge in [-0.25, -0.2) is 4.39 Å². The number of nitrogens with one attached hydrogen (secondary N) is 1. The number of nitrogens with two attached hydrogens (primary N) is 2. The Morgan fingerprint density at radius 2 is 1.59 bits per heavy atom.